The molecule has 4 bridgehead atoms. The highest BCUT2D eigenvalue weighted by Crippen LogP contribution is 2.59. The lowest BCUT2D eigenvalue weighted by Gasteiger charge is -2.57. The van der Waals surface area contributed by atoms with E-state index in [-0.39, 0.29) is 5.41 Å². The van der Waals surface area contributed by atoms with Gasteiger partial charge in [0, 0.05) is 6.04 Å². The average molecular weight is 195 g/mol. The minimum absolute atomic E-state index is 0.291. The first kappa shape index (κ1) is 8.72. The summed E-state index contributed by atoms with van der Waals surface area (Å²) in [5, 5.41) is 9.32. The molecule has 78 valence electrons. The van der Waals surface area contributed by atoms with Crippen LogP contribution in [0.15, 0.2) is 0 Å². The van der Waals surface area contributed by atoms with Crippen LogP contribution in [-0.4, -0.2) is 17.1 Å². The molecule has 0 saturated heterocycles. The molecule has 0 radical (unpaired) electrons. The van der Waals surface area contributed by atoms with Crippen LogP contribution in [0, 0.1) is 23.2 Å². The van der Waals surface area contributed by atoms with Gasteiger partial charge in [0.1, 0.15) is 0 Å². The normalized spacial score (nSPS) is 54.9. The first-order chi connectivity index (χ1) is 6.61. The smallest absolute Gasteiger partial charge is 0.309 e. The molecule has 4 rings (SSSR count). The molecule has 3 nitrogen and oxygen atoms in total. The Morgan fingerprint density at radius 2 is 1.79 bits per heavy atom. The van der Waals surface area contributed by atoms with Crippen molar-refractivity contribution in [2.45, 2.75) is 38.1 Å². The van der Waals surface area contributed by atoms with Crippen LogP contribution in [0.1, 0.15) is 32.1 Å². The van der Waals surface area contributed by atoms with Gasteiger partial charge in [-0.15, -0.1) is 0 Å². The Kier molecular flexibility index (Phi) is 1.56. The van der Waals surface area contributed by atoms with Crippen LogP contribution in [0.2, 0.25) is 0 Å². The molecule has 4 aliphatic rings. The van der Waals surface area contributed by atoms with E-state index in [1.807, 2.05) is 0 Å². The van der Waals surface area contributed by atoms with E-state index in [0.29, 0.717) is 23.8 Å². The summed E-state index contributed by atoms with van der Waals surface area (Å²) in [7, 11) is 0. The van der Waals surface area contributed by atoms with Gasteiger partial charge in [-0.2, -0.15) is 0 Å². The first-order valence-electron chi connectivity index (χ1n) is 5.60. The maximum Gasteiger partial charge on any atom is 0.309 e. The number of carboxylic acid groups (broad SMARTS) is 1. The first-order valence-corrected chi connectivity index (χ1v) is 5.60. The summed E-state index contributed by atoms with van der Waals surface area (Å²) in [5.41, 5.74) is 5.75. The molecule has 0 amide bonds. The van der Waals surface area contributed by atoms with Crippen molar-refractivity contribution in [2.75, 3.05) is 0 Å². The molecule has 0 unspecified atom stereocenters. The summed E-state index contributed by atoms with van der Waals surface area (Å²) in [6.45, 7) is 0. The second kappa shape index (κ2) is 2.51. The summed E-state index contributed by atoms with van der Waals surface area (Å²) >= 11 is 0. The SMILES string of the molecule is NC1[C@H]2CC3C[C@H]1CC(C(=O)O)(C3)C2. The summed E-state index contributed by atoms with van der Waals surface area (Å²) < 4.78 is 0. The van der Waals surface area contributed by atoms with Crippen LogP contribution in [0.5, 0.6) is 0 Å². The van der Waals surface area contributed by atoms with Crippen LogP contribution in [-0.2, 0) is 4.79 Å². The standard InChI is InChI=1S/C11H17NO2/c12-9-7-1-6-2-8(9)5-11(3-6,4-7)10(13)14/h6-9H,1-5,12H2,(H,13,14)/t6?,7-,8-,9?,11?/m0/s1. The van der Waals surface area contributed by atoms with E-state index < -0.39 is 5.97 Å². The Morgan fingerprint density at radius 3 is 2.29 bits per heavy atom. The van der Waals surface area contributed by atoms with Crippen molar-refractivity contribution in [1.82, 2.24) is 0 Å². The summed E-state index contributed by atoms with van der Waals surface area (Å²) in [5.74, 6) is 1.09. The van der Waals surface area contributed by atoms with Crippen molar-refractivity contribution in [1.29, 1.82) is 0 Å². The molecular weight excluding hydrogens is 178 g/mol. The highest BCUT2D eigenvalue weighted by Gasteiger charge is 2.57. The fourth-order valence-electron chi connectivity index (χ4n) is 4.33. The Labute approximate surface area is 83.7 Å². The fraction of sp³-hybridized carbons (Fsp3) is 0.909. The maximum absolute atomic E-state index is 11.3. The van der Waals surface area contributed by atoms with Gasteiger partial charge in [-0.05, 0) is 49.9 Å². The molecular formula is C11H17NO2. The third kappa shape index (κ3) is 0.937. The van der Waals surface area contributed by atoms with Crippen molar-refractivity contribution in [3.8, 4) is 0 Å². The predicted molar refractivity (Wildman–Crippen MR) is 51.6 cm³/mol. The van der Waals surface area contributed by atoms with Crippen molar-refractivity contribution >= 4 is 5.97 Å². The van der Waals surface area contributed by atoms with Crippen molar-refractivity contribution < 1.29 is 9.90 Å². The zero-order chi connectivity index (χ0) is 9.92. The van der Waals surface area contributed by atoms with Crippen LogP contribution in [0.4, 0.5) is 0 Å². The second-order valence-corrected chi connectivity index (χ2v) is 5.63. The monoisotopic (exact) mass is 195 g/mol. The fourth-order valence-corrected chi connectivity index (χ4v) is 4.33. The van der Waals surface area contributed by atoms with E-state index in [0.717, 1.165) is 19.3 Å². The molecule has 4 aliphatic carbocycles. The van der Waals surface area contributed by atoms with E-state index in [4.69, 9.17) is 5.73 Å². The predicted octanol–water partition coefficient (Wildman–Crippen LogP) is 1.22. The summed E-state index contributed by atoms with van der Waals surface area (Å²) in [4.78, 5) is 11.3. The third-order valence-corrected chi connectivity index (χ3v) is 4.80. The molecule has 0 aromatic heterocycles. The van der Waals surface area contributed by atoms with Crippen LogP contribution < -0.4 is 5.73 Å². The van der Waals surface area contributed by atoms with Gasteiger partial charge in [-0.1, -0.05) is 0 Å². The highest BCUT2D eigenvalue weighted by molar-refractivity contribution is 5.75. The van der Waals surface area contributed by atoms with E-state index in [1.54, 1.807) is 0 Å². The number of hydrogen-bond acceptors (Lipinski definition) is 2. The van der Waals surface area contributed by atoms with Gasteiger partial charge < -0.3 is 10.8 Å². The minimum atomic E-state index is -0.566. The van der Waals surface area contributed by atoms with Gasteiger partial charge in [-0.3, -0.25) is 4.79 Å². The Bertz CT molecular complexity index is 273. The zero-order valence-corrected chi connectivity index (χ0v) is 8.28. The summed E-state index contributed by atoms with van der Waals surface area (Å²) in [6.07, 6.45) is 4.98. The zero-order valence-electron chi connectivity index (χ0n) is 8.28. The van der Waals surface area contributed by atoms with Crippen LogP contribution in [0.25, 0.3) is 0 Å². The van der Waals surface area contributed by atoms with Gasteiger partial charge in [0.2, 0.25) is 0 Å². The lowest BCUT2D eigenvalue weighted by molar-refractivity contribution is -0.166. The molecule has 0 spiro atoms. The number of nitrogens with two attached hydrogens (primary N) is 1. The molecule has 0 heterocycles. The molecule has 2 atom stereocenters. The third-order valence-electron chi connectivity index (χ3n) is 4.80. The number of carboxylic acids is 1. The van der Waals surface area contributed by atoms with Gasteiger partial charge in [-0.25, -0.2) is 0 Å². The molecule has 0 aliphatic heterocycles. The Morgan fingerprint density at radius 1 is 1.21 bits per heavy atom. The molecule has 0 aromatic carbocycles. The molecule has 0 aromatic rings. The lowest BCUT2D eigenvalue weighted by atomic mass is 9.48. The Hall–Kier alpha value is -0.570. The van der Waals surface area contributed by atoms with Crippen molar-refractivity contribution in [2.24, 2.45) is 28.9 Å². The van der Waals surface area contributed by atoms with Crippen LogP contribution >= 0.6 is 0 Å². The number of rotatable bonds is 1. The summed E-state index contributed by atoms with van der Waals surface area (Å²) in [6, 6.07) is 0.291. The van der Waals surface area contributed by atoms with Gasteiger partial charge in [0.15, 0.2) is 0 Å². The minimum Gasteiger partial charge on any atom is -0.481 e. The van der Waals surface area contributed by atoms with Gasteiger partial charge in [0.05, 0.1) is 5.41 Å². The van der Waals surface area contributed by atoms with Crippen molar-refractivity contribution in [3.63, 3.8) is 0 Å². The average Bonchev–Trinajstić information content (AvgIpc) is 2.12. The number of carbonyl (C=O) groups is 1. The quantitative estimate of drug-likeness (QED) is 0.661. The van der Waals surface area contributed by atoms with E-state index in [9.17, 15) is 9.90 Å². The molecule has 3 heteroatoms. The lowest BCUT2D eigenvalue weighted by Crippen LogP contribution is -2.58. The second-order valence-electron chi connectivity index (χ2n) is 5.63. The van der Waals surface area contributed by atoms with Crippen molar-refractivity contribution in [3.05, 3.63) is 0 Å². The number of hydrogen-bond donors (Lipinski definition) is 2. The molecule has 14 heavy (non-hydrogen) atoms. The maximum atomic E-state index is 11.3. The molecule has 3 N–H and O–H groups in total. The van der Waals surface area contributed by atoms with E-state index in [1.165, 1.54) is 12.8 Å². The molecule has 4 saturated carbocycles. The topological polar surface area (TPSA) is 63.3 Å². The largest absolute Gasteiger partial charge is 0.481 e. The van der Waals surface area contributed by atoms with E-state index in [2.05, 4.69) is 0 Å². The van der Waals surface area contributed by atoms with Gasteiger partial charge >= 0.3 is 5.97 Å². The highest BCUT2D eigenvalue weighted by atomic mass is 16.4. The van der Waals surface area contributed by atoms with Crippen LogP contribution in [0.3, 0.4) is 0 Å². The molecule has 4 fully saturated rings. The number of aliphatic carboxylic acids is 1. The van der Waals surface area contributed by atoms with Gasteiger partial charge in [0.25, 0.3) is 0 Å². The Balaban J connectivity index is 1.96. The van der Waals surface area contributed by atoms with E-state index >= 15 is 0 Å².